The molecular formula is C18H17N3O3. The van der Waals surface area contributed by atoms with Crippen LogP contribution in [-0.4, -0.2) is 14.2 Å². The predicted molar refractivity (Wildman–Crippen MR) is 89.7 cm³/mol. The van der Waals surface area contributed by atoms with Crippen LogP contribution in [0, 0.1) is 11.3 Å². The largest absolute Gasteiger partial charge is 0.493 e. The van der Waals surface area contributed by atoms with E-state index in [0.29, 0.717) is 28.5 Å². The van der Waals surface area contributed by atoms with Crippen molar-refractivity contribution in [3.05, 3.63) is 59.0 Å². The molecule has 1 aliphatic rings. The molecule has 0 aliphatic carbocycles. The number of nitrogens with zero attached hydrogens (tertiary/aromatic N) is 1. The maximum absolute atomic E-state index is 9.60. The van der Waals surface area contributed by atoms with Crippen molar-refractivity contribution in [2.45, 2.75) is 5.92 Å². The van der Waals surface area contributed by atoms with Crippen LogP contribution in [0.3, 0.4) is 0 Å². The smallest absolute Gasteiger partial charge is 0.205 e. The van der Waals surface area contributed by atoms with Crippen molar-refractivity contribution in [3.63, 3.8) is 0 Å². The second kappa shape index (κ2) is 6.05. The van der Waals surface area contributed by atoms with Gasteiger partial charge in [0, 0.05) is 22.9 Å². The van der Waals surface area contributed by atoms with E-state index in [9.17, 15) is 5.26 Å². The summed E-state index contributed by atoms with van der Waals surface area (Å²) in [7, 11) is 3.12. The van der Waals surface area contributed by atoms with Gasteiger partial charge < -0.3 is 25.7 Å². The number of nitrogens with two attached hydrogens (primary N) is 2. The molecule has 0 saturated heterocycles. The molecule has 2 aromatic rings. The van der Waals surface area contributed by atoms with Crippen LogP contribution in [0.25, 0.3) is 0 Å². The molecule has 0 amide bonds. The van der Waals surface area contributed by atoms with E-state index in [-0.39, 0.29) is 5.88 Å². The Balaban J connectivity index is 2.29. The molecule has 0 bridgehead atoms. The fourth-order valence-electron chi connectivity index (χ4n) is 2.93. The highest BCUT2D eigenvalue weighted by Crippen LogP contribution is 2.47. The number of ether oxygens (including phenoxy) is 3. The van der Waals surface area contributed by atoms with Crippen molar-refractivity contribution < 1.29 is 14.2 Å². The van der Waals surface area contributed by atoms with E-state index >= 15 is 0 Å². The Morgan fingerprint density at radius 2 is 1.88 bits per heavy atom. The lowest BCUT2D eigenvalue weighted by Crippen LogP contribution is -2.21. The molecule has 0 radical (unpaired) electrons. The number of fused-ring (bicyclic) bond motifs is 1. The minimum Gasteiger partial charge on any atom is -0.493 e. The average molecular weight is 323 g/mol. The molecule has 0 saturated carbocycles. The first kappa shape index (κ1) is 15.6. The third-order valence-electron chi connectivity index (χ3n) is 3.99. The molecule has 1 heterocycles. The highest BCUT2D eigenvalue weighted by Gasteiger charge is 2.33. The third kappa shape index (κ3) is 2.36. The number of allylic oxidation sites excluding steroid dienone is 1. The van der Waals surface area contributed by atoms with Crippen molar-refractivity contribution in [3.8, 4) is 23.3 Å². The van der Waals surface area contributed by atoms with E-state index in [4.69, 9.17) is 25.7 Å². The number of anilines is 1. The lowest BCUT2D eigenvalue weighted by atomic mass is 9.83. The maximum Gasteiger partial charge on any atom is 0.205 e. The molecule has 6 nitrogen and oxygen atoms in total. The Morgan fingerprint density at radius 1 is 1.08 bits per heavy atom. The van der Waals surface area contributed by atoms with Crippen LogP contribution >= 0.6 is 0 Å². The monoisotopic (exact) mass is 323 g/mol. The first-order valence-corrected chi connectivity index (χ1v) is 7.28. The van der Waals surface area contributed by atoms with Crippen LogP contribution in [0.15, 0.2) is 47.9 Å². The van der Waals surface area contributed by atoms with Gasteiger partial charge in [-0.3, -0.25) is 0 Å². The maximum atomic E-state index is 9.60. The van der Waals surface area contributed by atoms with Gasteiger partial charge in [-0.25, -0.2) is 0 Å². The van der Waals surface area contributed by atoms with E-state index in [2.05, 4.69) is 6.07 Å². The number of benzene rings is 2. The number of rotatable bonds is 3. The second-order valence-electron chi connectivity index (χ2n) is 5.30. The van der Waals surface area contributed by atoms with E-state index in [1.54, 1.807) is 32.4 Å². The zero-order valence-electron chi connectivity index (χ0n) is 13.4. The summed E-state index contributed by atoms with van der Waals surface area (Å²) in [6, 6.07) is 12.9. The normalized spacial score (nSPS) is 16.0. The van der Waals surface area contributed by atoms with Gasteiger partial charge in [0.25, 0.3) is 0 Å². The SMILES string of the molecule is COc1cccc([C@H]2C(C#N)=C(N)Oc3cc(N)ccc32)c1OC. The van der Waals surface area contributed by atoms with Crippen molar-refractivity contribution in [2.75, 3.05) is 20.0 Å². The quantitative estimate of drug-likeness (QED) is 0.841. The van der Waals surface area contributed by atoms with E-state index in [0.717, 1.165) is 11.1 Å². The lowest BCUT2D eigenvalue weighted by Gasteiger charge is -2.28. The van der Waals surface area contributed by atoms with Crippen molar-refractivity contribution in [2.24, 2.45) is 5.73 Å². The molecule has 1 aliphatic heterocycles. The number of hydrogen-bond donors (Lipinski definition) is 2. The van der Waals surface area contributed by atoms with Gasteiger partial charge in [-0.1, -0.05) is 18.2 Å². The molecule has 3 rings (SSSR count). The van der Waals surface area contributed by atoms with Gasteiger partial charge in [-0.2, -0.15) is 5.26 Å². The predicted octanol–water partition coefficient (Wildman–Crippen LogP) is 2.50. The van der Waals surface area contributed by atoms with Crippen LogP contribution in [0.4, 0.5) is 5.69 Å². The Bertz CT molecular complexity index is 868. The molecular weight excluding hydrogens is 306 g/mol. The highest BCUT2D eigenvalue weighted by molar-refractivity contribution is 5.63. The van der Waals surface area contributed by atoms with E-state index in [1.807, 2.05) is 18.2 Å². The van der Waals surface area contributed by atoms with Crippen LogP contribution in [-0.2, 0) is 0 Å². The summed E-state index contributed by atoms with van der Waals surface area (Å²) < 4.78 is 16.5. The number of hydrogen-bond acceptors (Lipinski definition) is 6. The minimum absolute atomic E-state index is 0.0606. The summed E-state index contributed by atoms with van der Waals surface area (Å²) in [6.45, 7) is 0. The third-order valence-corrected chi connectivity index (χ3v) is 3.99. The molecule has 1 atom stereocenters. The zero-order chi connectivity index (χ0) is 17.3. The average Bonchev–Trinajstić information content (AvgIpc) is 2.59. The van der Waals surface area contributed by atoms with Gasteiger partial charge in [0.2, 0.25) is 5.88 Å². The first-order valence-electron chi connectivity index (χ1n) is 7.28. The molecule has 24 heavy (non-hydrogen) atoms. The van der Waals surface area contributed by atoms with Crippen molar-refractivity contribution >= 4 is 5.69 Å². The Hall–Kier alpha value is -3.33. The zero-order valence-corrected chi connectivity index (χ0v) is 13.4. The van der Waals surface area contributed by atoms with E-state index in [1.165, 1.54) is 0 Å². The number of methoxy groups -OCH3 is 2. The molecule has 0 unspecified atom stereocenters. The molecule has 0 spiro atoms. The summed E-state index contributed by atoms with van der Waals surface area (Å²) in [5, 5.41) is 9.60. The summed E-state index contributed by atoms with van der Waals surface area (Å²) in [4.78, 5) is 0. The molecule has 0 aromatic heterocycles. The Labute approximate surface area is 139 Å². The summed E-state index contributed by atoms with van der Waals surface area (Å²) in [6.07, 6.45) is 0. The van der Waals surface area contributed by atoms with Gasteiger partial charge in [0.05, 0.1) is 20.1 Å². The first-order chi connectivity index (χ1) is 11.6. The fraction of sp³-hybridized carbons (Fsp3) is 0.167. The Morgan fingerprint density at radius 3 is 2.54 bits per heavy atom. The van der Waals surface area contributed by atoms with Gasteiger partial charge in [0.1, 0.15) is 17.4 Å². The molecule has 4 N–H and O–H groups in total. The van der Waals surface area contributed by atoms with Gasteiger partial charge in [-0.15, -0.1) is 0 Å². The molecule has 2 aromatic carbocycles. The fourth-order valence-corrected chi connectivity index (χ4v) is 2.93. The Kier molecular flexibility index (Phi) is 3.92. The van der Waals surface area contributed by atoms with Crippen molar-refractivity contribution in [1.82, 2.24) is 0 Å². The second-order valence-corrected chi connectivity index (χ2v) is 5.30. The topological polar surface area (TPSA) is 104 Å². The minimum atomic E-state index is -0.426. The lowest BCUT2D eigenvalue weighted by molar-refractivity contribution is 0.349. The highest BCUT2D eigenvalue weighted by atomic mass is 16.5. The van der Waals surface area contributed by atoms with Gasteiger partial charge in [0.15, 0.2) is 11.5 Å². The number of nitriles is 1. The summed E-state index contributed by atoms with van der Waals surface area (Å²) >= 11 is 0. The molecule has 0 fully saturated rings. The summed E-state index contributed by atoms with van der Waals surface area (Å²) in [5.74, 6) is 1.29. The van der Waals surface area contributed by atoms with Gasteiger partial charge in [-0.05, 0) is 12.1 Å². The van der Waals surface area contributed by atoms with Crippen LogP contribution in [0.1, 0.15) is 17.0 Å². The van der Waals surface area contributed by atoms with Crippen LogP contribution in [0.5, 0.6) is 17.2 Å². The summed E-state index contributed by atoms with van der Waals surface area (Å²) in [5.41, 5.74) is 14.2. The van der Waals surface area contributed by atoms with Crippen molar-refractivity contribution in [1.29, 1.82) is 5.26 Å². The number of nitrogen functional groups attached to an aromatic ring is 1. The number of para-hydroxylation sites is 1. The van der Waals surface area contributed by atoms with E-state index < -0.39 is 5.92 Å². The van der Waals surface area contributed by atoms with Crippen LogP contribution in [0.2, 0.25) is 0 Å². The van der Waals surface area contributed by atoms with Crippen LogP contribution < -0.4 is 25.7 Å². The standard InChI is InChI=1S/C18H17N3O3/c1-22-14-5-3-4-12(17(14)23-2)16-11-7-6-10(20)8-15(11)24-18(21)13(16)9-19/h3-8,16H,20-21H2,1-2H3/t16-/m0/s1. The van der Waals surface area contributed by atoms with Gasteiger partial charge >= 0.3 is 0 Å². The molecule has 122 valence electrons. The molecule has 6 heteroatoms.